The van der Waals surface area contributed by atoms with E-state index in [-0.39, 0.29) is 12.1 Å². The topological polar surface area (TPSA) is 26.3 Å². The summed E-state index contributed by atoms with van der Waals surface area (Å²) in [5.74, 6) is -0.0334. The number of hydrogen-bond donors (Lipinski definition) is 0. The van der Waals surface area contributed by atoms with E-state index in [1.54, 1.807) is 0 Å². The Morgan fingerprint density at radius 1 is 0.682 bits per heavy atom. The minimum Gasteiger partial charge on any atom is -0.463 e. The van der Waals surface area contributed by atoms with Crippen LogP contribution in [0.4, 0.5) is 0 Å². The second-order valence-electron chi connectivity index (χ2n) is 6.88. The van der Waals surface area contributed by atoms with Gasteiger partial charge < -0.3 is 4.74 Å². The van der Waals surface area contributed by atoms with Crippen molar-refractivity contribution in [3.05, 3.63) is 0 Å². The average molecular weight is 313 g/mol. The smallest absolute Gasteiger partial charge is 0.306 e. The summed E-state index contributed by atoms with van der Waals surface area (Å²) in [4.78, 5) is 11.3. The average Bonchev–Trinajstić information content (AvgIpc) is 2.47. The first-order valence-electron chi connectivity index (χ1n) is 9.86. The molecule has 0 radical (unpaired) electrons. The molecular formula is C20H40O2. The van der Waals surface area contributed by atoms with Gasteiger partial charge in [-0.3, -0.25) is 4.79 Å². The fourth-order valence-electron chi connectivity index (χ4n) is 2.79. The van der Waals surface area contributed by atoms with Crippen LogP contribution < -0.4 is 0 Å². The summed E-state index contributed by atoms with van der Waals surface area (Å²) in [7, 11) is 0. The highest BCUT2D eigenvalue weighted by atomic mass is 16.5. The molecule has 0 spiro atoms. The summed E-state index contributed by atoms with van der Waals surface area (Å²) in [5.41, 5.74) is 0. The van der Waals surface area contributed by atoms with Crippen LogP contribution >= 0.6 is 0 Å². The lowest BCUT2D eigenvalue weighted by atomic mass is 10.0. The molecule has 0 N–H and O–H groups in total. The summed E-state index contributed by atoms with van der Waals surface area (Å²) >= 11 is 0. The SMILES string of the molecule is CCCCCCCCCCCCCCCCC(=O)OC(C)C. The largest absolute Gasteiger partial charge is 0.463 e. The summed E-state index contributed by atoms with van der Waals surface area (Å²) in [5, 5.41) is 0. The van der Waals surface area contributed by atoms with Gasteiger partial charge >= 0.3 is 5.97 Å². The van der Waals surface area contributed by atoms with Gasteiger partial charge in [0.2, 0.25) is 0 Å². The van der Waals surface area contributed by atoms with Crippen molar-refractivity contribution in [2.24, 2.45) is 0 Å². The third-order valence-corrected chi connectivity index (χ3v) is 4.10. The lowest BCUT2D eigenvalue weighted by molar-refractivity contribution is -0.147. The molecule has 0 aliphatic heterocycles. The zero-order chi connectivity index (χ0) is 16.5. The van der Waals surface area contributed by atoms with Gasteiger partial charge in [0.1, 0.15) is 0 Å². The van der Waals surface area contributed by atoms with Gasteiger partial charge in [0.25, 0.3) is 0 Å². The molecule has 2 nitrogen and oxygen atoms in total. The van der Waals surface area contributed by atoms with E-state index in [0.717, 1.165) is 6.42 Å². The molecule has 0 aliphatic rings. The van der Waals surface area contributed by atoms with Crippen molar-refractivity contribution < 1.29 is 9.53 Å². The molecular weight excluding hydrogens is 272 g/mol. The predicted molar refractivity (Wildman–Crippen MR) is 96.2 cm³/mol. The fraction of sp³-hybridized carbons (Fsp3) is 0.950. The molecule has 0 amide bonds. The van der Waals surface area contributed by atoms with Crippen LogP contribution in [0.3, 0.4) is 0 Å². The molecule has 0 saturated heterocycles. The quantitative estimate of drug-likeness (QED) is 0.231. The van der Waals surface area contributed by atoms with E-state index in [0.29, 0.717) is 6.42 Å². The van der Waals surface area contributed by atoms with E-state index < -0.39 is 0 Å². The Morgan fingerprint density at radius 3 is 1.41 bits per heavy atom. The Morgan fingerprint density at radius 2 is 1.05 bits per heavy atom. The number of unbranched alkanes of at least 4 members (excludes halogenated alkanes) is 13. The first kappa shape index (κ1) is 21.5. The molecule has 0 rings (SSSR count). The fourth-order valence-corrected chi connectivity index (χ4v) is 2.79. The maximum atomic E-state index is 11.3. The first-order valence-corrected chi connectivity index (χ1v) is 9.86. The lowest BCUT2D eigenvalue weighted by Crippen LogP contribution is -2.10. The Kier molecular flexibility index (Phi) is 16.4. The van der Waals surface area contributed by atoms with Gasteiger partial charge in [-0.15, -0.1) is 0 Å². The number of carbonyl (C=O) groups is 1. The first-order chi connectivity index (χ1) is 10.7. The minimum absolute atomic E-state index is 0.0270. The molecule has 0 aromatic carbocycles. The monoisotopic (exact) mass is 312 g/mol. The number of ether oxygens (including phenoxy) is 1. The zero-order valence-corrected chi connectivity index (χ0v) is 15.5. The van der Waals surface area contributed by atoms with Gasteiger partial charge in [-0.05, 0) is 20.3 Å². The highest BCUT2D eigenvalue weighted by Crippen LogP contribution is 2.13. The third-order valence-electron chi connectivity index (χ3n) is 4.10. The zero-order valence-electron chi connectivity index (χ0n) is 15.5. The van der Waals surface area contributed by atoms with Crippen LogP contribution in [-0.2, 0) is 9.53 Å². The molecule has 0 aromatic heterocycles. The van der Waals surface area contributed by atoms with Crippen LogP contribution in [0.1, 0.15) is 117 Å². The van der Waals surface area contributed by atoms with Crippen molar-refractivity contribution in [1.82, 2.24) is 0 Å². The predicted octanol–water partition coefficient (Wildman–Crippen LogP) is 6.81. The van der Waals surface area contributed by atoms with Crippen LogP contribution in [0.25, 0.3) is 0 Å². The molecule has 0 bridgehead atoms. The molecule has 132 valence electrons. The van der Waals surface area contributed by atoms with Crippen molar-refractivity contribution in [2.75, 3.05) is 0 Å². The molecule has 0 fully saturated rings. The molecule has 0 heterocycles. The summed E-state index contributed by atoms with van der Waals surface area (Å²) in [6.45, 7) is 6.09. The van der Waals surface area contributed by atoms with Gasteiger partial charge in [-0.25, -0.2) is 0 Å². The maximum Gasteiger partial charge on any atom is 0.306 e. The second-order valence-corrected chi connectivity index (χ2v) is 6.88. The number of rotatable bonds is 16. The Bertz CT molecular complexity index is 236. The van der Waals surface area contributed by atoms with Crippen LogP contribution in [-0.4, -0.2) is 12.1 Å². The summed E-state index contributed by atoms with van der Waals surface area (Å²) < 4.78 is 5.12. The highest BCUT2D eigenvalue weighted by molar-refractivity contribution is 5.69. The standard InChI is InChI=1S/C20H40O2/c1-4-5-6-7-8-9-10-11-12-13-14-15-16-17-18-20(21)22-19(2)3/h19H,4-18H2,1-3H3. The minimum atomic E-state index is -0.0334. The van der Waals surface area contributed by atoms with E-state index in [2.05, 4.69) is 6.92 Å². The maximum absolute atomic E-state index is 11.3. The van der Waals surface area contributed by atoms with Crippen molar-refractivity contribution >= 4 is 5.97 Å². The number of esters is 1. The van der Waals surface area contributed by atoms with Gasteiger partial charge in [-0.2, -0.15) is 0 Å². The van der Waals surface area contributed by atoms with Gasteiger partial charge in [-0.1, -0.05) is 90.4 Å². The van der Waals surface area contributed by atoms with E-state index in [4.69, 9.17) is 4.74 Å². The van der Waals surface area contributed by atoms with Gasteiger partial charge in [0, 0.05) is 6.42 Å². The molecule has 2 heteroatoms. The molecule has 0 aliphatic carbocycles. The van der Waals surface area contributed by atoms with E-state index >= 15 is 0 Å². The molecule has 0 unspecified atom stereocenters. The van der Waals surface area contributed by atoms with Gasteiger partial charge in [0.05, 0.1) is 6.10 Å². The highest BCUT2D eigenvalue weighted by Gasteiger charge is 2.04. The van der Waals surface area contributed by atoms with Crippen LogP contribution in [0.2, 0.25) is 0 Å². The third kappa shape index (κ3) is 17.5. The summed E-state index contributed by atoms with van der Waals surface area (Å²) in [6.07, 6.45) is 19.5. The molecule has 0 saturated carbocycles. The van der Waals surface area contributed by atoms with Crippen molar-refractivity contribution in [2.45, 2.75) is 123 Å². The normalized spacial score (nSPS) is 11.1. The Hall–Kier alpha value is -0.530. The number of hydrogen-bond acceptors (Lipinski definition) is 2. The van der Waals surface area contributed by atoms with Gasteiger partial charge in [0.15, 0.2) is 0 Å². The Labute approximate surface area is 139 Å². The van der Waals surface area contributed by atoms with E-state index in [1.165, 1.54) is 83.5 Å². The lowest BCUT2D eigenvalue weighted by Gasteiger charge is -2.07. The van der Waals surface area contributed by atoms with Crippen molar-refractivity contribution in [3.8, 4) is 0 Å². The van der Waals surface area contributed by atoms with Crippen LogP contribution in [0.15, 0.2) is 0 Å². The van der Waals surface area contributed by atoms with Crippen LogP contribution in [0, 0.1) is 0 Å². The summed E-state index contributed by atoms with van der Waals surface area (Å²) in [6, 6.07) is 0. The van der Waals surface area contributed by atoms with Crippen molar-refractivity contribution in [3.63, 3.8) is 0 Å². The van der Waals surface area contributed by atoms with E-state index in [9.17, 15) is 4.79 Å². The number of carbonyl (C=O) groups excluding carboxylic acids is 1. The van der Waals surface area contributed by atoms with Crippen molar-refractivity contribution in [1.29, 1.82) is 0 Å². The molecule has 0 aromatic rings. The Balaban J connectivity index is 3.07. The van der Waals surface area contributed by atoms with E-state index in [1.807, 2.05) is 13.8 Å². The van der Waals surface area contributed by atoms with Crippen LogP contribution in [0.5, 0.6) is 0 Å². The molecule has 22 heavy (non-hydrogen) atoms. The second kappa shape index (κ2) is 16.8. The molecule has 0 atom stereocenters.